The highest BCUT2D eigenvalue weighted by Crippen LogP contribution is 2.36. The van der Waals surface area contributed by atoms with Crippen LogP contribution >= 0.6 is 15.9 Å². The standard InChI is InChI=1S/C9H7BrF2N2O/c1-15-7-6(9(11)12)5(2-3-13)4-14-8(7)10/h4,9H,2H2,1H3. The summed E-state index contributed by atoms with van der Waals surface area (Å²) in [7, 11) is 1.28. The molecule has 1 rings (SSSR count). The van der Waals surface area contributed by atoms with Crippen molar-refractivity contribution >= 4 is 15.9 Å². The van der Waals surface area contributed by atoms with Crippen molar-refractivity contribution in [3.8, 4) is 11.8 Å². The molecule has 0 aromatic carbocycles. The summed E-state index contributed by atoms with van der Waals surface area (Å²) in [6, 6.07) is 1.81. The van der Waals surface area contributed by atoms with Gasteiger partial charge in [-0.3, -0.25) is 0 Å². The SMILES string of the molecule is COc1c(Br)ncc(CC#N)c1C(F)F. The molecule has 0 bridgehead atoms. The van der Waals surface area contributed by atoms with Crippen LogP contribution < -0.4 is 4.74 Å². The third-order valence-electron chi connectivity index (χ3n) is 1.80. The van der Waals surface area contributed by atoms with Crippen LogP contribution in [0.25, 0.3) is 0 Å². The number of halogens is 3. The van der Waals surface area contributed by atoms with Gasteiger partial charge in [-0.05, 0) is 21.5 Å². The minimum Gasteiger partial charge on any atom is -0.493 e. The molecule has 6 heteroatoms. The Morgan fingerprint density at radius 1 is 1.67 bits per heavy atom. The van der Waals surface area contributed by atoms with E-state index in [0.29, 0.717) is 0 Å². The van der Waals surface area contributed by atoms with Crippen LogP contribution in [0.2, 0.25) is 0 Å². The van der Waals surface area contributed by atoms with Gasteiger partial charge in [0.2, 0.25) is 0 Å². The Morgan fingerprint density at radius 2 is 2.33 bits per heavy atom. The predicted octanol–water partition coefficient (Wildman–Crippen LogP) is 2.86. The lowest BCUT2D eigenvalue weighted by Crippen LogP contribution is -2.01. The molecule has 1 aromatic rings. The van der Waals surface area contributed by atoms with Gasteiger partial charge in [-0.25, -0.2) is 13.8 Å². The summed E-state index contributed by atoms with van der Waals surface area (Å²) in [4.78, 5) is 3.82. The Bertz CT molecular complexity index is 404. The lowest BCUT2D eigenvalue weighted by atomic mass is 10.1. The smallest absolute Gasteiger partial charge is 0.267 e. The highest BCUT2D eigenvalue weighted by atomic mass is 79.9. The van der Waals surface area contributed by atoms with Crippen LogP contribution in [-0.4, -0.2) is 12.1 Å². The molecular weight excluding hydrogens is 270 g/mol. The van der Waals surface area contributed by atoms with Gasteiger partial charge < -0.3 is 4.74 Å². The van der Waals surface area contributed by atoms with Crippen LogP contribution in [0.4, 0.5) is 8.78 Å². The predicted molar refractivity (Wildman–Crippen MR) is 52.8 cm³/mol. The fourth-order valence-electron chi connectivity index (χ4n) is 1.18. The molecule has 0 saturated heterocycles. The van der Waals surface area contributed by atoms with Crippen LogP contribution in [-0.2, 0) is 6.42 Å². The zero-order valence-electron chi connectivity index (χ0n) is 7.80. The maximum atomic E-state index is 12.7. The molecule has 0 fully saturated rings. The molecule has 0 N–H and O–H groups in total. The van der Waals surface area contributed by atoms with E-state index in [0.717, 1.165) is 0 Å². The minimum absolute atomic E-state index is 0.0160. The molecule has 15 heavy (non-hydrogen) atoms. The second-order valence-electron chi connectivity index (χ2n) is 2.66. The average Bonchev–Trinajstić information content (AvgIpc) is 2.20. The average molecular weight is 277 g/mol. The van der Waals surface area contributed by atoms with E-state index in [1.807, 2.05) is 0 Å². The summed E-state index contributed by atoms with van der Waals surface area (Å²) in [5.41, 5.74) is -0.0894. The van der Waals surface area contributed by atoms with Crippen molar-refractivity contribution in [1.82, 2.24) is 4.98 Å². The normalized spacial score (nSPS) is 10.1. The number of hydrogen-bond acceptors (Lipinski definition) is 3. The van der Waals surface area contributed by atoms with E-state index in [1.165, 1.54) is 13.3 Å². The van der Waals surface area contributed by atoms with Crippen LogP contribution in [0.5, 0.6) is 5.75 Å². The molecule has 0 radical (unpaired) electrons. The fraction of sp³-hybridized carbons (Fsp3) is 0.333. The molecule has 0 unspecified atom stereocenters. The number of nitriles is 1. The Labute approximate surface area is 93.8 Å². The molecule has 0 saturated carbocycles. The first-order valence-electron chi connectivity index (χ1n) is 3.98. The van der Waals surface area contributed by atoms with E-state index in [-0.39, 0.29) is 27.9 Å². The molecule has 0 aliphatic rings. The monoisotopic (exact) mass is 276 g/mol. The number of nitrogens with zero attached hydrogens (tertiary/aromatic N) is 2. The van der Waals surface area contributed by atoms with E-state index in [9.17, 15) is 8.78 Å². The lowest BCUT2D eigenvalue weighted by molar-refractivity contribution is 0.145. The summed E-state index contributed by atoms with van der Waals surface area (Å²) in [6.07, 6.45) is -1.56. The van der Waals surface area contributed by atoms with E-state index in [2.05, 4.69) is 20.9 Å². The first-order valence-corrected chi connectivity index (χ1v) is 4.77. The Kier molecular flexibility index (Phi) is 3.97. The third kappa shape index (κ3) is 2.42. The first-order chi connectivity index (χ1) is 7.11. The van der Waals surface area contributed by atoms with Crippen LogP contribution in [0, 0.1) is 11.3 Å². The van der Waals surface area contributed by atoms with Crippen molar-refractivity contribution in [2.75, 3.05) is 7.11 Å². The second-order valence-corrected chi connectivity index (χ2v) is 3.41. The van der Waals surface area contributed by atoms with E-state index < -0.39 is 6.43 Å². The van der Waals surface area contributed by atoms with Gasteiger partial charge in [0, 0.05) is 6.20 Å². The van der Waals surface area contributed by atoms with Gasteiger partial charge in [-0.1, -0.05) is 0 Å². The maximum Gasteiger partial charge on any atom is 0.267 e. The van der Waals surface area contributed by atoms with Crippen molar-refractivity contribution in [2.45, 2.75) is 12.8 Å². The zero-order chi connectivity index (χ0) is 11.4. The van der Waals surface area contributed by atoms with Gasteiger partial charge in [0.25, 0.3) is 6.43 Å². The number of aromatic nitrogens is 1. The molecule has 80 valence electrons. The summed E-state index contributed by atoms with van der Waals surface area (Å²) in [5.74, 6) is -0.0160. The van der Waals surface area contributed by atoms with Gasteiger partial charge in [-0.2, -0.15) is 5.26 Å². The van der Waals surface area contributed by atoms with Crippen LogP contribution in [0.15, 0.2) is 10.8 Å². The number of alkyl halides is 2. The van der Waals surface area contributed by atoms with Crippen molar-refractivity contribution in [3.05, 3.63) is 21.9 Å². The molecule has 0 aliphatic heterocycles. The van der Waals surface area contributed by atoms with E-state index in [1.54, 1.807) is 6.07 Å². The highest BCUT2D eigenvalue weighted by molar-refractivity contribution is 9.10. The van der Waals surface area contributed by atoms with Gasteiger partial charge in [0.05, 0.1) is 25.2 Å². The first kappa shape index (κ1) is 11.9. The highest BCUT2D eigenvalue weighted by Gasteiger charge is 2.21. The molecule has 1 heterocycles. The number of pyridine rings is 1. The number of hydrogen-bond donors (Lipinski definition) is 0. The number of ether oxygens (including phenoxy) is 1. The van der Waals surface area contributed by atoms with E-state index >= 15 is 0 Å². The minimum atomic E-state index is -2.69. The van der Waals surface area contributed by atoms with Gasteiger partial charge in [0.15, 0.2) is 5.75 Å². The fourth-order valence-corrected chi connectivity index (χ4v) is 1.66. The Balaban J connectivity index is 3.36. The largest absolute Gasteiger partial charge is 0.493 e. The Morgan fingerprint density at radius 3 is 2.80 bits per heavy atom. The van der Waals surface area contributed by atoms with Crippen molar-refractivity contribution in [2.24, 2.45) is 0 Å². The van der Waals surface area contributed by atoms with Crippen LogP contribution in [0.3, 0.4) is 0 Å². The molecule has 0 amide bonds. The van der Waals surface area contributed by atoms with Gasteiger partial charge in [0.1, 0.15) is 4.60 Å². The molecule has 1 aromatic heterocycles. The lowest BCUT2D eigenvalue weighted by Gasteiger charge is -2.12. The topological polar surface area (TPSA) is 45.9 Å². The molecular formula is C9H7BrF2N2O. The van der Waals surface area contributed by atoms with Crippen molar-refractivity contribution < 1.29 is 13.5 Å². The van der Waals surface area contributed by atoms with Gasteiger partial charge >= 0.3 is 0 Å². The summed E-state index contributed by atoms with van der Waals surface area (Å²) in [6.45, 7) is 0. The van der Waals surface area contributed by atoms with E-state index in [4.69, 9.17) is 10.00 Å². The van der Waals surface area contributed by atoms with Crippen LogP contribution in [0.1, 0.15) is 17.6 Å². The summed E-state index contributed by atoms with van der Waals surface area (Å²) >= 11 is 3.01. The molecule has 3 nitrogen and oxygen atoms in total. The van der Waals surface area contributed by atoms with Gasteiger partial charge in [-0.15, -0.1) is 0 Å². The van der Waals surface area contributed by atoms with Crippen molar-refractivity contribution in [3.63, 3.8) is 0 Å². The van der Waals surface area contributed by atoms with Crippen molar-refractivity contribution in [1.29, 1.82) is 5.26 Å². The quantitative estimate of drug-likeness (QED) is 0.798. The molecule has 0 spiro atoms. The number of rotatable bonds is 3. The number of methoxy groups -OCH3 is 1. The second kappa shape index (κ2) is 5.03. The Hall–Kier alpha value is -1.22. The molecule has 0 aliphatic carbocycles. The summed E-state index contributed by atoms with van der Waals surface area (Å²) in [5, 5.41) is 8.48. The maximum absolute atomic E-state index is 12.7. The zero-order valence-corrected chi connectivity index (χ0v) is 9.38. The molecule has 0 atom stereocenters. The third-order valence-corrected chi connectivity index (χ3v) is 2.37. The summed E-state index contributed by atoms with van der Waals surface area (Å²) < 4.78 is 30.5.